The quantitative estimate of drug-likeness (QED) is 0.747. The Balaban J connectivity index is 1.57. The van der Waals surface area contributed by atoms with Crippen molar-refractivity contribution in [2.24, 2.45) is 17.3 Å². The van der Waals surface area contributed by atoms with Crippen LogP contribution in [0.15, 0.2) is 0 Å². The molecule has 104 valence electrons. The van der Waals surface area contributed by atoms with Gasteiger partial charge < -0.3 is 10.2 Å². The highest BCUT2D eigenvalue weighted by Crippen LogP contribution is 2.37. The van der Waals surface area contributed by atoms with E-state index in [1.807, 2.05) is 0 Å². The van der Waals surface area contributed by atoms with E-state index >= 15 is 0 Å². The van der Waals surface area contributed by atoms with Gasteiger partial charge in [0.15, 0.2) is 0 Å². The van der Waals surface area contributed by atoms with E-state index in [9.17, 15) is 0 Å². The SMILES string of the molecule is CCC1(CN(CC2CC2)CC2CC2)CCCNC1. The number of nitrogens with zero attached hydrogens (tertiary/aromatic N) is 1. The van der Waals surface area contributed by atoms with Gasteiger partial charge in [-0.15, -0.1) is 0 Å². The van der Waals surface area contributed by atoms with Gasteiger partial charge in [0.2, 0.25) is 0 Å². The zero-order valence-electron chi connectivity index (χ0n) is 12.1. The molecule has 0 spiro atoms. The highest BCUT2D eigenvalue weighted by atomic mass is 15.1. The molecule has 3 aliphatic rings. The monoisotopic (exact) mass is 250 g/mol. The van der Waals surface area contributed by atoms with Crippen LogP contribution in [-0.4, -0.2) is 37.6 Å². The summed E-state index contributed by atoms with van der Waals surface area (Å²) in [5, 5.41) is 3.64. The van der Waals surface area contributed by atoms with Gasteiger partial charge in [-0.05, 0) is 68.7 Å². The molecule has 0 aromatic carbocycles. The summed E-state index contributed by atoms with van der Waals surface area (Å²) in [4.78, 5) is 2.84. The fraction of sp³-hybridized carbons (Fsp3) is 1.00. The molecule has 2 nitrogen and oxygen atoms in total. The summed E-state index contributed by atoms with van der Waals surface area (Å²) in [6, 6.07) is 0. The lowest BCUT2D eigenvalue weighted by molar-refractivity contribution is 0.105. The number of hydrogen-bond donors (Lipinski definition) is 1. The summed E-state index contributed by atoms with van der Waals surface area (Å²) in [6.07, 6.45) is 10.2. The minimum Gasteiger partial charge on any atom is -0.316 e. The van der Waals surface area contributed by atoms with Crippen LogP contribution in [0.4, 0.5) is 0 Å². The Morgan fingerprint density at radius 1 is 1.11 bits per heavy atom. The van der Waals surface area contributed by atoms with Gasteiger partial charge in [0.25, 0.3) is 0 Å². The number of piperidine rings is 1. The third-order valence-corrected chi connectivity index (χ3v) is 5.30. The Kier molecular flexibility index (Phi) is 3.95. The van der Waals surface area contributed by atoms with Crippen LogP contribution >= 0.6 is 0 Å². The fourth-order valence-electron chi connectivity index (χ4n) is 3.59. The van der Waals surface area contributed by atoms with E-state index in [0.29, 0.717) is 5.41 Å². The zero-order valence-corrected chi connectivity index (χ0v) is 12.1. The molecule has 1 aliphatic heterocycles. The molecular formula is C16H30N2. The van der Waals surface area contributed by atoms with E-state index in [1.165, 1.54) is 77.7 Å². The maximum absolute atomic E-state index is 3.64. The van der Waals surface area contributed by atoms with Gasteiger partial charge in [-0.1, -0.05) is 6.92 Å². The molecule has 0 aromatic rings. The summed E-state index contributed by atoms with van der Waals surface area (Å²) in [5.74, 6) is 2.10. The molecule has 1 N–H and O–H groups in total. The molecule has 2 saturated carbocycles. The summed E-state index contributed by atoms with van der Waals surface area (Å²) >= 11 is 0. The van der Waals surface area contributed by atoms with Crippen LogP contribution in [0.2, 0.25) is 0 Å². The van der Waals surface area contributed by atoms with Crippen LogP contribution in [0, 0.1) is 17.3 Å². The molecule has 3 rings (SSSR count). The van der Waals surface area contributed by atoms with Crippen molar-refractivity contribution in [3.8, 4) is 0 Å². The second-order valence-electron chi connectivity index (χ2n) is 7.21. The van der Waals surface area contributed by atoms with Crippen LogP contribution in [0.1, 0.15) is 51.9 Å². The maximum Gasteiger partial charge on any atom is 0.00503 e. The van der Waals surface area contributed by atoms with Crippen molar-refractivity contribution in [3.05, 3.63) is 0 Å². The predicted molar refractivity (Wildman–Crippen MR) is 76.7 cm³/mol. The van der Waals surface area contributed by atoms with Crippen LogP contribution in [0.25, 0.3) is 0 Å². The average molecular weight is 250 g/mol. The molecular weight excluding hydrogens is 220 g/mol. The van der Waals surface area contributed by atoms with Crippen molar-refractivity contribution in [1.29, 1.82) is 0 Å². The molecule has 0 amide bonds. The largest absolute Gasteiger partial charge is 0.316 e. The molecule has 1 atom stereocenters. The van der Waals surface area contributed by atoms with E-state index < -0.39 is 0 Å². The lowest BCUT2D eigenvalue weighted by atomic mass is 9.78. The third kappa shape index (κ3) is 3.48. The molecule has 0 radical (unpaired) electrons. The van der Waals surface area contributed by atoms with Crippen molar-refractivity contribution >= 4 is 0 Å². The molecule has 1 unspecified atom stereocenters. The molecule has 1 saturated heterocycles. The fourth-order valence-corrected chi connectivity index (χ4v) is 3.59. The average Bonchev–Trinajstić information content (AvgIpc) is 3.27. The van der Waals surface area contributed by atoms with Crippen molar-refractivity contribution < 1.29 is 0 Å². The Hall–Kier alpha value is -0.0800. The highest BCUT2D eigenvalue weighted by molar-refractivity contribution is 4.90. The molecule has 1 heterocycles. The Morgan fingerprint density at radius 3 is 2.22 bits per heavy atom. The smallest absolute Gasteiger partial charge is 0.00503 e. The van der Waals surface area contributed by atoms with E-state index in [2.05, 4.69) is 17.1 Å². The molecule has 2 heteroatoms. The van der Waals surface area contributed by atoms with Crippen LogP contribution in [0.5, 0.6) is 0 Å². The van der Waals surface area contributed by atoms with Crippen LogP contribution < -0.4 is 5.32 Å². The van der Waals surface area contributed by atoms with E-state index in [4.69, 9.17) is 0 Å². The number of hydrogen-bond acceptors (Lipinski definition) is 2. The van der Waals surface area contributed by atoms with Gasteiger partial charge in [-0.2, -0.15) is 0 Å². The van der Waals surface area contributed by atoms with Crippen molar-refractivity contribution in [2.45, 2.75) is 51.9 Å². The molecule has 0 aromatic heterocycles. The van der Waals surface area contributed by atoms with E-state index in [0.717, 1.165) is 11.8 Å². The third-order valence-electron chi connectivity index (χ3n) is 5.30. The summed E-state index contributed by atoms with van der Waals surface area (Å²) < 4.78 is 0. The van der Waals surface area contributed by atoms with Crippen molar-refractivity contribution in [3.63, 3.8) is 0 Å². The standard InChI is InChI=1S/C16H30N2/c1-2-16(8-3-9-17-12-16)13-18(10-14-4-5-14)11-15-6-7-15/h14-15,17H,2-13H2,1H3. The second-order valence-corrected chi connectivity index (χ2v) is 7.21. The molecule has 18 heavy (non-hydrogen) atoms. The minimum absolute atomic E-state index is 0.585. The van der Waals surface area contributed by atoms with Gasteiger partial charge in [0, 0.05) is 26.2 Å². The Morgan fingerprint density at radius 2 is 1.78 bits per heavy atom. The summed E-state index contributed by atoms with van der Waals surface area (Å²) in [7, 11) is 0. The van der Waals surface area contributed by atoms with E-state index in [-0.39, 0.29) is 0 Å². The second kappa shape index (κ2) is 5.50. The predicted octanol–water partition coefficient (Wildman–Crippen LogP) is 2.89. The number of nitrogens with one attached hydrogen (secondary N) is 1. The highest BCUT2D eigenvalue weighted by Gasteiger charge is 2.36. The first-order chi connectivity index (χ1) is 8.80. The van der Waals surface area contributed by atoms with Gasteiger partial charge >= 0.3 is 0 Å². The van der Waals surface area contributed by atoms with Crippen LogP contribution in [0.3, 0.4) is 0 Å². The summed E-state index contributed by atoms with van der Waals surface area (Å²) in [5.41, 5.74) is 0.585. The van der Waals surface area contributed by atoms with Crippen molar-refractivity contribution in [2.75, 3.05) is 32.7 Å². The number of rotatable bonds is 7. The Bertz CT molecular complexity index is 248. The lowest BCUT2D eigenvalue weighted by Crippen LogP contribution is -2.48. The van der Waals surface area contributed by atoms with Gasteiger partial charge in [-0.25, -0.2) is 0 Å². The van der Waals surface area contributed by atoms with Gasteiger partial charge in [-0.3, -0.25) is 0 Å². The van der Waals surface area contributed by atoms with E-state index in [1.54, 1.807) is 0 Å². The topological polar surface area (TPSA) is 15.3 Å². The first-order valence-corrected chi connectivity index (χ1v) is 8.23. The van der Waals surface area contributed by atoms with Crippen LogP contribution in [-0.2, 0) is 0 Å². The first-order valence-electron chi connectivity index (χ1n) is 8.23. The van der Waals surface area contributed by atoms with Gasteiger partial charge in [0.05, 0.1) is 0 Å². The zero-order chi connectivity index (χ0) is 12.4. The first kappa shape index (κ1) is 12.9. The summed E-state index contributed by atoms with van der Waals surface area (Å²) in [6.45, 7) is 9.07. The molecule has 0 bridgehead atoms. The van der Waals surface area contributed by atoms with Crippen molar-refractivity contribution in [1.82, 2.24) is 10.2 Å². The minimum atomic E-state index is 0.585. The van der Waals surface area contributed by atoms with Gasteiger partial charge in [0.1, 0.15) is 0 Å². The lowest BCUT2D eigenvalue weighted by Gasteiger charge is -2.41. The maximum atomic E-state index is 3.64. The molecule has 3 fully saturated rings. The molecule has 2 aliphatic carbocycles. The Labute approximate surface area is 113 Å². The normalized spacial score (nSPS) is 33.0.